The van der Waals surface area contributed by atoms with Gasteiger partial charge in [-0.25, -0.2) is 4.98 Å². The minimum absolute atomic E-state index is 0. The highest BCUT2D eigenvalue weighted by atomic mass is 79.9. The number of pyridine rings is 1. The van der Waals surface area contributed by atoms with Gasteiger partial charge in [0.2, 0.25) is 5.91 Å². The van der Waals surface area contributed by atoms with Crippen molar-refractivity contribution in [1.82, 2.24) is 14.8 Å². The standard InChI is InChI=1S/C25H30N4O3.BrH/c1-15-7-8-16-12-29(24(26)22(16)27-15)14-20(30)17-10-18(13-28-9-5-6-21(28)31)23(32)19(11-17)25(2,3)4;/h7-8,10-11,26,32H,5-6,9,12-14H2,1-4H3;1H. The molecule has 8 heteroatoms. The number of carbonyl (C=O) groups excluding carboxylic acids is 2. The van der Waals surface area contributed by atoms with Gasteiger partial charge in [0.25, 0.3) is 0 Å². The van der Waals surface area contributed by atoms with Gasteiger partial charge in [-0.3, -0.25) is 15.0 Å². The summed E-state index contributed by atoms with van der Waals surface area (Å²) < 4.78 is 0. The van der Waals surface area contributed by atoms with Crippen LogP contribution in [0.3, 0.4) is 0 Å². The first-order chi connectivity index (χ1) is 15.0. The fourth-order valence-corrected chi connectivity index (χ4v) is 4.38. The number of nitrogens with zero attached hydrogens (tertiary/aromatic N) is 3. The normalized spacial score (nSPS) is 15.6. The van der Waals surface area contributed by atoms with E-state index in [0.29, 0.717) is 48.4 Å². The van der Waals surface area contributed by atoms with Gasteiger partial charge in [-0.05, 0) is 37.0 Å². The number of aromatic nitrogens is 1. The number of amidine groups is 1. The Kier molecular flexibility index (Phi) is 6.98. The molecule has 7 nitrogen and oxygen atoms in total. The molecule has 0 unspecified atom stereocenters. The van der Waals surface area contributed by atoms with Gasteiger partial charge in [0.05, 0.1) is 6.54 Å². The number of phenolic OH excluding ortho intramolecular Hbond substituents is 1. The molecule has 0 atom stereocenters. The summed E-state index contributed by atoms with van der Waals surface area (Å²) in [7, 11) is 0. The van der Waals surface area contributed by atoms with Crippen molar-refractivity contribution in [2.45, 2.75) is 59.0 Å². The summed E-state index contributed by atoms with van der Waals surface area (Å²) in [5, 5.41) is 19.4. The second-order valence-electron chi connectivity index (χ2n) is 9.79. The molecule has 2 aliphatic rings. The van der Waals surface area contributed by atoms with Crippen molar-refractivity contribution in [3.8, 4) is 5.75 Å². The number of ketones is 1. The Morgan fingerprint density at radius 3 is 2.58 bits per heavy atom. The van der Waals surface area contributed by atoms with E-state index >= 15 is 0 Å². The Hall–Kier alpha value is -2.74. The summed E-state index contributed by atoms with van der Waals surface area (Å²) in [6, 6.07) is 7.33. The third kappa shape index (κ3) is 4.95. The second kappa shape index (κ2) is 9.25. The molecule has 176 valence electrons. The monoisotopic (exact) mass is 514 g/mol. The van der Waals surface area contributed by atoms with E-state index in [2.05, 4.69) is 4.98 Å². The second-order valence-corrected chi connectivity index (χ2v) is 9.79. The van der Waals surface area contributed by atoms with Crippen molar-refractivity contribution in [1.29, 1.82) is 5.41 Å². The van der Waals surface area contributed by atoms with E-state index in [0.717, 1.165) is 17.7 Å². The summed E-state index contributed by atoms with van der Waals surface area (Å²) in [6.07, 6.45) is 1.34. The summed E-state index contributed by atoms with van der Waals surface area (Å²) in [4.78, 5) is 33.3. The van der Waals surface area contributed by atoms with Crippen LogP contribution in [-0.4, -0.2) is 50.5 Å². The molecule has 4 rings (SSSR count). The van der Waals surface area contributed by atoms with Gasteiger partial charge in [-0.2, -0.15) is 0 Å². The fraction of sp³-hybridized carbons (Fsp3) is 0.440. The fourth-order valence-electron chi connectivity index (χ4n) is 4.38. The van der Waals surface area contributed by atoms with Crippen LogP contribution in [0.15, 0.2) is 24.3 Å². The average molecular weight is 515 g/mol. The molecule has 2 N–H and O–H groups in total. The Labute approximate surface area is 205 Å². The molecule has 0 bridgehead atoms. The summed E-state index contributed by atoms with van der Waals surface area (Å²) in [5.41, 5.74) is 3.81. The highest BCUT2D eigenvalue weighted by Gasteiger charge is 2.30. The molecule has 33 heavy (non-hydrogen) atoms. The number of halogens is 1. The Bertz CT molecular complexity index is 1120. The number of aromatic hydroxyl groups is 1. The molecule has 0 saturated carbocycles. The van der Waals surface area contributed by atoms with Crippen LogP contribution < -0.4 is 0 Å². The van der Waals surface area contributed by atoms with Crippen molar-refractivity contribution in [3.05, 3.63) is 57.9 Å². The maximum atomic E-state index is 13.3. The number of hydrogen-bond acceptors (Lipinski definition) is 5. The number of aryl methyl sites for hydroxylation is 1. The predicted molar refractivity (Wildman–Crippen MR) is 132 cm³/mol. The number of rotatable bonds is 5. The Morgan fingerprint density at radius 2 is 1.94 bits per heavy atom. The lowest BCUT2D eigenvalue weighted by Crippen LogP contribution is -2.31. The first-order valence-electron chi connectivity index (χ1n) is 11.0. The SMILES string of the molecule is Br.Cc1ccc2c(n1)C(=N)N(CC(=O)c1cc(CN3CCCC3=O)c(O)c(C(C)(C)C)c1)C2. The number of amides is 1. The third-order valence-electron chi connectivity index (χ3n) is 6.21. The molecule has 1 saturated heterocycles. The molecule has 1 fully saturated rings. The molecule has 1 amide bonds. The number of nitrogens with one attached hydrogen (secondary N) is 1. The van der Waals surface area contributed by atoms with Gasteiger partial charge in [0.1, 0.15) is 17.3 Å². The van der Waals surface area contributed by atoms with Crippen molar-refractivity contribution < 1.29 is 14.7 Å². The summed E-state index contributed by atoms with van der Waals surface area (Å²) in [5.74, 6) is 0.354. The minimum atomic E-state index is -0.373. The van der Waals surface area contributed by atoms with E-state index in [4.69, 9.17) is 5.41 Å². The van der Waals surface area contributed by atoms with Gasteiger partial charge < -0.3 is 14.9 Å². The highest BCUT2D eigenvalue weighted by molar-refractivity contribution is 8.93. The number of Topliss-reactive ketones (excluding diaryl/α,β-unsaturated/α-hetero) is 1. The lowest BCUT2D eigenvalue weighted by Gasteiger charge is -2.25. The molecular formula is C25H31BrN4O3. The topological polar surface area (TPSA) is 97.6 Å². The van der Waals surface area contributed by atoms with Gasteiger partial charge in [-0.15, -0.1) is 17.0 Å². The van der Waals surface area contributed by atoms with Gasteiger partial charge in [-0.1, -0.05) is 26.8 Å². The van der Waals surface area contributed by atoms with E-state index in [-0.39, 0.29) is 52.2 Å². The van der Waals surface area contributed by atoms with Gasteiger partial charge >= 0.3 is 0 Å². The molecule has 1 aromatic carbocycles. The molecule has 1 aromatic heterocycles. The van der Waals surface area contributed by atoms with Crippen molar-refractivity contribution in [3.63, 3.8) is 0 Å². The highest BCUT2D eigenvalue weighted by Crippen LogP contribution is 2.36. The number of hydrogen-bond donors (Lipinski definition) is 2. The number of likely N-dealkylation sites (tertiary alicyclic amines) is 1. The molecular weight excluding hydrogens is 484 g/mol. The van der Waals surface area contributed by atoms with Crippen LogP contribution in [0.1, 0.15) is 72.0 Å². The molecule has 0 spiro atoms. The maximum Gasteiger partial charge on any atom is 0.222 e. The summed E-state index contributed by atoms with van der Waals surface area (Å²) in [6.45, 7) is 9.35. The minimum Gasteiger partial charge on any atom is -0.507 e. The van der Waals surface area contributed by atoms with Crippen LogP contribution in [-0.2, 0) is 23.3 Å². The predicted octanol–water partition coefficient (Wildman–Crippen LogP) is 4.12. The largest absolute Gasteiger partial charge is 0.507 e. The van der Waals surface area contributed by atoms with Crippen molar-refractivity contribution in [2.24, 2.45) is 0 Å². The average Bonchev–Trinajstić information content (AvgIpc) is 3.25. The van der Waals surface area contributed by atoms with Crippen LogP contribution in [0, 0.1) is 12.3 Å². The van der Waals surface area contributed by atoms with Crippen LogP contribution in [0.2, 0.25) is 0 Å². The third-order valence-corrected chi connectivity index (χ3v) is 6.21. The van der Waals surface area contributed by atoms with Crippen LogP contribution in [0.25, 0.3) is 0 Å². The van der Waals surface area contributed by atoms with E-state index < -0.39 is 0 Å². The Morgan fingerprint density at radius 1 is 1.21 bits per heavy atom. The molecule has 3 heterocycles. The van der Waals surface area contributed by atoms with Crippen molar-refractivity contribution >= 4 is 34.5 Å². The van der Waals surface area contributed by atoms with Crippen LogP contribution >= 0.6 is 17.0 Å². The van der Waals surface area contributed by atoms with Gasteiger partial charge in [0.15, 0.2) is 5.78 Å². The first kappa shape index (κ1) is 24.9. The lowest BCUT2D eigenvalue weighted by atomic mass is 9.83. The zero-order chi connectivity index (χ0) is 23.2. The number of benzene rings is 1. The Balaban J connectivity index is 0.00000306. The molecule has 2 aromatic rings. The van der Waals surface area contributed by atoms with Crippen LogP contribution in [0.4, 0.5) is 0 Å². The number of phenols is 1. The van der Waals surface area contributed by atoms with E-state index in [1.165, 1.54) is 0 Å². The molecule has 0 aliphatic carbocycles. The number of fused-ring (bicyclic) bond motifs is 1. The van der Waals surface area contributed by atoms with Gasteiger partial charge in [0, 0.05) is 54.0 Å². The van der Waals surface area contributed by atoms with Crippen molar-refractivity contribution in [2.75, 3.05) is 13.1 Å². The van der Waals surface area contributed by atoms with E-state index in [9.17, 15) is 14.7 Å². The van der Waals surface area contributed by atoms with Crippen LogP contribution in [0.5, 0.6) is 5.75 Å². The smallest absolute Gasteiger partial charge is 0.222 e. The first-order valence-corrected chi connectivity index (χ1v) is 11.0. The summed E-state index contributed by atoms with van der Waals surface area (Å²) >= 11 is 0. The van der Waals surface area contributed by atoms with E-state index in [1.54, 1.807) is 21.9 Å². The zero-order valence-electron chi connectivity index (χ0n) is 19.6. The molecule has 2 aliphatic heterocycles. The lowest BCUT2D eigenvalue weighted by molar-refractivity contribution is -0.128. The maximum absolute atomic E-state index is 13.3. The van der Waals surface area contributed by atoms with E-state index in [1.807, 2.05) is 39.8 Å². The quantitative estimate of drug-likeness (QED) is 0.584. The zero-order valence-corrected chi connectivity index (χ0v) is 21.3. The molecule has 0 radical (unpaired) electrons. The number of carbonyl (C=O) groups is 2.